The van der Waals surface area contributed by atoms with Crippen LogP contribution in [0.1, 0.15) is 37.7 Å². The standard InChI is InChI=1S/C16H25N3O/c1-2-19(11-13-7-6-8-13)12-15(16(20)18-17)14-9-4-3-5-10-14/h3-5,9-10,13,15H,2,6-8,11-12,17H2,1H3,(H,18,20). The van der Waals surface area contributed by atoms with Gasteiger partial charge in [-0.3, -0.25) is 10.2 Å². The second kappa shape index (κ2) is 7.41. The lowest BCUT2D eigenvalue weighted by Crippen LogP contribution is -2.42. The summed E-state index contributed by atoms with van der Waals surface area (Å²) < 4.78 is 0. The van der Waals surface area contributed by atoms with Gasteiger partial charge in [-0.1, -0.05) is 43.7 Å². The van der Waals surface area contributed by atoms with Gasteiger partial charge in [-0.05, 0) is 30.9 Å². The predicted octanol–water partition coefficient (Wildman–Crippen LogP) is 1.88. The molecule has 4 heteroatoms. The van der Waals surface area contributed by atoms with Gasteiger partial charge in [0.2, 0.25) is 5.91 Å². The number of rotatable bonds is 7. The minimum Gasteiger partial charge on any atom is -0.302 e. The van der Waals surface area contributed by atoms with E-state index in [1.807, 2.05) is 30.3 Å². The molecular weight excluding hydrogens is 250 g/mol. The Morgan fingerprint density at radius 3 is 2.60 bits per heavy atom. The summed E-state index contributed by atoms with van der Waals surface area (Å²) in [6.07, 6.45) is 4.01. The number of amides is 1. The van der Waals surface area contributed by atoms with Crippen molar-refractivity contribution in [2.75, 3.05) is 19.6 Å². The van der Waals surface area contributed by atoms with Crippen LogP contribution in [-0.2, 0) is 4.79 Å². The molecule has 1 aliphatic rings. The molecule has 0 aliphatic heterocycles. The van der Waals surface area contributed by atoms with Gasteiger partial charge in [0.25, 0.3) is 0 Å². The summed E-state index contributed by atoms with van der Waals surface area (Å²) in [7, 11) is 0. The summed E-state index contributed by atoms with van der Waals surface area (Å²) in [5, 5.41) is 0. The van der Waals surface area contributed by atoms with Crippen LogP contribution in [0, 0.1) is 5.92 Å². The molecule has 1 unspecified atom stereocenters. The Hall–Kier alpha value is -1.39. The fraction of sp³-hybridized carbons (Fsp3) is 0.562. The van der Waals surface area contributed by atoms with Crippen LogP contribution in [-0.4, -0.2) is 30.4 Å². The minimum absolute atomic E-state index is 0.108. The SMILES string of the molecule is CCN(CC1CCC1)CC(C(=O)NN)c1ccccc1. The monoisotopic (exact) mass is 275 g/mol. The van der Waals surface area contributed by atoms with Gasteiger partial charge in [0, 0.05) is 13.1 Å². The predicted molar refractivity (Wildman–Crippen MR) is 81.0 cm³/mol. The largest absolute Gasteiger partial charge is 0.302 e. The number of carbonyl (C=O) groups excluding carboxylic acids is 1. The topological polar surface area (TPSA) is 58.4 Å². The van der Waals surface area contributed by atoms with Crippen LogP contribution in [0.5, 0.6) is 0 Å². The first-order chi connectivity index (χ1) is 9.74. The normalized spacial score (nSPS) is 16.8. The fourth-order valence-corrected chi connectivity index (χ4v) is 2.76. The lowest BCUT2D eigenvalue weighted by Gasteiger charge is -2.33. The van der Waals surface area contributed by atoms with Crippen LogP contribution in [0.15, 0.2) is 30.3 Å². The smallest absolute Gasteiger partial charge is 0.242 e. The van der Waals surface area contributed by atoms with E-state index in [0.29, 0.717) is 0 Å². The van der Waals surface area contributed by atoms with E-state index >= 15 is 0 Å². The highest BCUT2D eigenvalue weighted by Gasteiger charge is 2.25. The van der Waals surface area contributed by atoms with Crippen LogP contribution < -0.4 is 11.3 Å². The molecule has 3 N–H and O–H groups in total. The van der Waals surface area contributed by atoms with E-state index in [0.717, 1.165) is 31.1 Å². The molecule has 0 spiro atoms. The molecule has 2 rings (SSSR count). The first-order valence-electron chi connectivity index (χ1n) is 7.52. The number of hydrogen-bond donors (Lipinski definition) is 2. The average Bonchev–Trinajstić information content (AvgIpc) is 2.46. The zero-order chi connectivity index (χ0) is 14.4. The van der Waals surface area contributed by atoms with Gasteiger partial charge in [-0.15, -0.1) is 0 Å². The minimum atomic E-state index is -0.193. The molecule has 0 heterocycles. The Morgan fingerprint density at radius 2 is 2.10 bits per heavy atom. The van der Waals surface area contributed by atoms with Crippen molar-refractivity contribution in [2.45, 2.75) is 32.1 Å². The third kappa shape index (κ3) is 3.81. The van der Waals surface area contributed by atoms with E-state index in [-0.39, 0.29) is 11.8 Å². The Morgan fingerprint density at radius 1 is 1.40 bits per heavy atom. The molecule has 0 radical (unpaired) electrons. The Bertz CT molecular complexity index is 417. The lowest BCUT2D eigenvalue weighted by atomic mass is 9.85. The van der Waals surface area contributed by atoms with E-state index in [9.17, 15) is 4.79 Å². The fourth-order valence-electron chi connectivity index (χ4n) is 2.76. The molecule has 1 aliphatic carbocycles. The number of hydrazine groups is 1. The molecular formula is C16H25N3O. The highest BCUT2D eigenvalue weighted by atomic mass is 16.2. The maximum Gasteiger partial charge on any atom is 0.242 e. The van der Waals surface area contributed by atoms with Crippen molar-refractivity contribution < 1.29 is 4.79 Å². The van der Waals surface area contributed by atoms with Crippen LogP contribution in [0.25, 0.3) is 0 Å². The lowest BCUT2D eigenvalue weighted by molar-refractivity contribution is -0.123. The third-order valence-electron chi connectivity index (χ3n) is 4.29. The van der Waals surface area contributed by atoms with Gasteiger partial charge < -0.3 is 4.90 Å². The summed E-state index contributed by atoms with van der Waals surface area (Å²) >= 11 is 0. The zero-order valence-corrected chi connectivity index (χ0v) is 12.2. The first kappa shape index (κ1) is 15.0. The molecule has 4 nitrogen and oxygen atoms in total. The van der Waals surface area contributed by atoms with Crippen molar-refractivity contribution in [3.63, 3.8) is 0 Å². The summed E-state index contributed by atoms with van der Waals surface area (Å²) in [5.74, 6) is 5.86. The third-order valence-corrected chi connectivity index (χ3v) is 4.29. The van der Waals surface area contributed by atoms with E-state index in [4.69, 9.17) is 5.84 Å². The van der Waals surface area contributed by atoms with Gasteiger partial charge in [0.05, 0.1) is 5.92 Å². The van der Waals surface area contributed by atoms with Crippen molar-refractivity contribution in [3.8, 4) is 0 Å². The van der Waals surface area contributed by atoms with Gasteiger partial charge in [0.1, 0.15) is 0 Å². The summed E-state index contributed by atoms with van der Waals surface area (Å²) in [5.41, 5.74) is 3.34. The van der Waals surface area contributed by atoms with Gasteiger partial charge in [0.15, 0.2) is 0 Å². The molecule has 1 saturated carbocycles. The van der Waals surface area contributed by atoms with Crippen LogP contribution in [0.3, 0.4) is 0 Å². The molecule has 110 valence electrons. The highest BCUT2D eigenvalue weighted by Crippen LogP contribution is 2.28. The number of nitrogens with one attached hydrogen (secondary N) is 1. The number of carbonyl (C=O) groups is 1. The number of hydrogen-bond acceptors (Lipinski definition) is 3. The Kier molecular flexibility index (Phi) is 5.56. The van der Waals surface area contributed by atoms with Crippen LogP contribution >= 0.6 is 0 Å². The van der Waals surface area contributed by atoms with Crippen molar-refractivity contribution >= 4 is 5.91 Å². The molecule has 1 aromatic rings. The molecule has 1 atom stereocenters. The van der Waals surface area contributed by atoms with Gasteiger partial charge in [-0.2, -0.15) is 0 Å². The summed E-state index contributed by atoms with van der Waals surface area (Å²) in [6, 6.07) is 9.89. The molecule has 0 bridgehead atoms. The number of nitrogens with zero attached hydrogens (tertiary/aromatic N) is 1. The molecule has 0 aromatic heterocycles. The van der Waals surface area contributed by atoms with Gasteiger partial charge in [-0.25, -0.2) is 5.84 Å². The molecule has 1 fully saturated rings. The van der Waals surface area contributed by atoms with Crippen LogP contribution in [0.2, 0.25) is 0 Å². The molecule has 1 aromatic carbocycles. The molecule has 20 heavy (non-hydrogen) atoms. The van der Waals surface area contributed by atoms with E-state index in [1.54, 1.807) is 0 Å². The van der Waals surface area contributed by atoms with Crippen molar-refractivity contribution in [2.24, 2.45) is 11.8 Å². The van der Waals surface area contributed by atoms with Crippen molar-refractivity contribution in [1.82, 2.24) is 10.3 Å². The number of nitrogens with two attached hydrogens (primary N) is 1. The highest BCUT2D eigenvalue weighted by molar-refractivity contribution is 5.83. The first-order valence-corrected chi connectivity index (χ1v) is 7.52. The number of likely N-dealkylation sites (N-methyl/N-ethyl adjacent to an activating group) is 1. The van der Waals surface area contributed by atoms with Crippen molar-refractivity contribution in [3.05, 3.63) is 35.9 Å². The summed E-state index contributed by atoms with van der Waals surface area (Å²) in [4.78, 5) is 14.4. The second-order valence-electron chi connectivity index (χ2n) is 5.62. The average molecular weight is 275 g/mol. The van der Waals surface area contributed by atoms with E-state index in [1.165, 1.54) is 19.3 Å². The summed E-state index contributed by atoms with van der Waals surface area (Å²) in [6.45, 7) is 4.95. The van der Waals surface area contributed by atoms with Gasteiger partial charge >= 0.3 is 0 Å². The maximum absolute atomic E-state index is 12.1. The quantitative estimate of drug-likeness (QED) is 0.454. The Balaban J connectivity index is 2.04. The molecule has 1 amide bonds. The second-order valence-corrected chi connectivity index (χ2v) is 5.62. The maximum atomic E-state index is 12.1. The van der Waals surface area contributed by atoms with Crippen molar-refractivity contribution in [1.29, 1.82) is 0 Å². The number of benzene rings is 1. The Labute approximate surface area is 121 Å². The van der Waals surface area contributed by atoms with Crippen LogP contribution in [0.4, 0.5) is 0 Å². The van der Waals surface area contributed by atoms with E-state index < -0.39 is 0 Å². The zero-order valence-electron chi connectivity index (χ0n) is 12.2. The molecule has 0 saturated heterocycles. The van der Waals surface area contributed by atoms with E-state index in [2.05, 4.69) is 17.2 Å².